The minimum Gasteiger partial charge on any atom is -0.488 e. The Hall–Kier alpha value is -2.43. The number of benzene rings is 2. The average molecular weight is 356 g/mol. The average Bonchev–Trinajstić information content (AvgIpc) is 3.03. The van der Waals surface area contributed by atoms with E-state index in [1.807, 2.05) is 42.5 Å². The van der Waals surface area contributed by atoms with E-state index >= 15 is 0 Å². The van der Waals surface area contributed by atoms with E-state index in [1.165, 1.54) is 0 Å². The fourth-order valence-electron chi connectivity index (χ4n) is 2.89. The maximum absolute atomic E-state index is 6.15. The van der Waals surface area contributed by atoms with Crippen molar-refractivity contribution < 1.29 is 13.9 Å². The summed E-state index contributed by atoms with van der Waals surface area (Å²) in [5.41, 5.74) is 3.16. The van der Waals surface area contributed by atoms with Gasteiger partial charge < -0.3 is 19.2 Å². The number of ether oxygens (including phenoxy) is 2. The number of fused-ring (bicyclic) bond motifs is 1. The highest BCUT2D eigenvalue weighted by atomic mass is 35.5. The van der Waals surface area contributed by atoms with Gasteiger partial charge in [-0.15, -0.1) is 0 Å². The van der Waals surface area contributed by atoms with Gasteiger partial charge in [-0.1, -0.05) is 23.7 Å². The molecule has 0 amide bonds. The molecule has 25 heavy (non-hydrogen) atoms. The number of hydrogen-bond donors (Lipinski definition) is 1. The first-order chi connectivity index (χ1) is 12.3. The lowest BCUT2D eigenvalue weighted by Gasteiger charge is -2.16. The third-order valence-corrected chi connectivity index (χ3v) is 4.32. The first-order valence-electron chi connectivity index (χ1n) is 8.21. The van der Waals surface area contributed by atoms with Crippen molar-refractivity contribution in [2.75, 3.05) is 13.2 Å². The van der Waals surface area contributed by atoms with Gasteiger partial charge in [0.15, 0.2) is 11.5 Å². The van der Waals surface area contributed by atoms with E-state index in [2.05, 4.69) is 11.4 Å². The lowest BCUT2D eigenvalue weighted by atomic mass is 10.0. The molecule has 128 valence electrons. The maximum Gasteiger partial charge on any atom is 0.165 e. The van der Waals surface area contributed by atoms with Crippen molar-refractivity contribution in [1.29, 1.82) is 0 Å². The van der Waals surface area contributed by atoms with Crippen molar-refractivity contribution in [3.8, 4) is 22.6 Å². The van der Waals surface area contributed by atoms with Crippen molar-refractivity contribution in [1.82, 2.24) is 5.32 Å². The first-order valence-corrected chi connectivity index (χ1v) is 8.59. The van der Waals surface area contributed by atoms with Gasteiger partial charge in [0.1, 0.15) is 19.0 Å². The zero-order valence-electron chi connectivity index (χ0n) is 13.6. The van der Waals surface area contributed by atoms with Crippen LogP contribution in [0.25, 0.3) is 11.1 Å². The highest BCUT2D eigenvalue weighted by Crippen LogP contribution is 2.38. The molecule has 1 aliphatic heterocycles. The Labute approximate surface area is 151 Å². The minimum absolute atomic E-state index is 0.356. The highest BCUT2D eigenvalue weighted by Gasteiger charge is 2.17. The van der Waals surface area contributed by atoms with Crippen LogP contribution in [0.5, 0.6) is 11.5 Å². The summed E-state index contributed by atoms with van der Waals surface area (Å²) in [6, 6.07) is 15.7. The van der Waals surface area contributed by atoms with Crippen LogP contribution in [-0.4, -0.2) is 13.2 Å². The van der Waals surface area contributed by atoms with Gasteiger partial charge in [-0.3, -0.25) is 0 Å². The molecule has 0 fully saturated rings. The predicted octanol–water partition coefficient (Wildman–Crippen LogP) is 4.66. The quantitative estimate of drug-likeness (QED) is 0.739. The molecule has 0 saturated heterocycles. The van der Waals surface area contributed by atoms with Gasteiger partial charge in [0, 0.05) is 23.7 Å². The fourth-order valence-corrected chi connectivity index (χ4v) is 3.08. The largest absolute Gasteiger partial charge is 0.488 e. The summed E-state index contributed by atoms with van der Waals surface area (Å²) in [5, 5.41) is 4.07. The molecule has 0 radical (unpaired) electrons. The molecule has 3 aromatic rings. The van der Waals surface area contributed by atoms with E-state index in [9.17, 15) is 0 Å². The molecule has 0 unspecified atom stereocenters. The van der Waals surface area contributed by atoms with Gasteiger partial charge in [-0.2, -0.15) is 0 Å². The molecule has 4 nitrogen and oxygen atoms in total. The second-order valence-electron chi connectivity index (χ2n) is 5.87. The third-order valence-electron chi connectivity index (χ3n) is 4.08. The molecule has 1 N–H and O–H groups in total. The second-order valence-corrected chi connectivity index (χ2v) is 6.30. The van der Waals surface area contributed by atoms with Crippen LogP contribution in [0.15, 0.2) is 59.2 Å². The SMILES string of the molecule is Clc1cccc(-c2cc3c(c(OCc4ccco4)c2)OCCNC3)c1. The summed E-state index contributed by atoms with van der Waals surface area (Å²) < 4.78 is 17.3. The Morgan fingerprint density at radius 2 is 2.04 bits per heavy atom. The first kappa shape index (κ1) is 16.1. The van der Waals surface area contributed by atoms with Gasteiger partial charge in [0.2, 0.25) is 0 Å². The number of halogens is 1. The Morgan fingerprint density at radius 1 is 1.08 bits per heavy atom. The molecule has 0 spiro atoms. The van der Waals surface area contributed by atoms with Gasteiger partial charge in [0.25, 0.3) is 0 Å². The minimum atomic E-state index is 0.356. The lowest BCUT2D eigenvalue weighted by Crippen LogP contribution is -2.16. The Balaban J connectivity index is 1.73. The summed E-state index contributed by atoms with van der Waals surface area (Å²) in [4.78, 5) is 0. The molecule has 2 aromatic carbocycles. The smallest absolute Gasteiger partial charge is 0.165 e. The van der Waals surface area contributed by atoms with Crippen molar-refractivity contribution in [2.45, 2.75) is 13.2 Å². The lowest BCUT2D eigenvalue weighted by molar-refractivity contribution is 0.246. The van der Waals surface area contributed by atoms with E-state index in [0.717, 1.165) is 41.3 Å². The molecule has 0 saturated carbocycles. The van der Waals surface area contributed by atoms with Gasteiger partial charge in [0.05, 0.1) is 6.26 Å². The zero-order chi connectivity index (χ0) is 17.1. The van der Waals surface area contributed by atoms with Crippen LogP contribution >= 0.6 is 11.6 Å². The molecule has 0 aliphatic carbocycles. The summed E-state index contributed by atoms with van der Waals surface area (Å²) in [5.74, 6) is 2.28. The summed E-state index contributed by atoms with van der Waals surface area (Å²) in [7, 11) is 0. The van der Waals surface area contributed by atoms with Crippen LogP contribution in [0.2, 0.25) is 5.02 Å². The maximum atomic E-state index is 6.15. The number of hydrogen-bond acceptors (Lipinski definition) is 4. The zero-order valence-corrected chi connectivity index (χ0v) is 14.4. The predicted molar refractivity (Wildman–Crippen MR) is 97.1 cm³/mol. The standard InChI is InChI=1S/C20H18ClNO3/c21-17-4-1-3-14(10-17)15-9-16-12-22-6-8-24-20(16)19(11-15)25-13-18-5-2-7-23-18/h1-5,7,9-11,22H,6,8,12-13H2. The topological polar surface area (TPSA) is 43.6 Å². The van der Waals surface area contributed by atoms with Crippen LogP contribution in [0.1, 0.15) is 11.3 Å². The monoisotopic (exact) mass is 355 g/mol. The molecule has 5 heteroatoms. The van der Waals surface area contributed by atoms with Gasteiger partial charge in [-0.25, -0.2) is 0 Å². The van der Waals surface area contributed by atoms with E-state index in [0.29, 0.717) is 24.0 Å². The Kier molecular flexibility index (Phi) is 4.63. The number of rotatable bonds is 4. The third kappa shape index (κ3) is 3.65. The van der Waals surface area contributed by atoms with Gasteiger partial charge >= 0.3 is 0 Å². The van der Waals surface area contributed by atoms with E-state index in [4.69, 9.17) is 25.5 Å². The van der Waals surface area contributed by atoms with Gasteiger partial charge in [-0.05, 0) is 47.5 Å². The molecular formula is C20H18ClNO3. The number of nitrogens with one attached hydrogen (secondary N) is 1. The van der Waals surface area contributed by atoms with Crippen LogP contribution < -0.4 is 14.8 Å². The van der Waals surface area contributed by atoms with Crippen LogP contribution in [0.4, 0.5) is 0 Å². The summed E-state index contributed by atoms with van der Waals surface area (Å²) >= 11 is 6.15. The molecule has 1 aliphatic rings. The normalized spacial score (nSPS) is 13.6. The molecule has 0 bridgehead atoms. The summed E-state index contributed by atoms with van der Waals surface area (Å²) in [6.45, 7) is 2.51. The molecule has 0 atom stereocenters. The van der Waals surface area contributed by atoms with Crippen molar-refractivity contribution >= 4 is 11.6 Å². The fraction of sp³-hybridized carbons (Fsp3) is 0.200. The number of furan rings is 1. The van der Waals surface area contributed by atoms with Crippen LogP contribution in [0.3, 0.4) is 0 Å². The summed E-state index contributed by atoms with van der Waals surface area (Å²) in [6.07, 6.45) is 1.64. The molecular weight excluding hydrogens is 338 g/mol. The van der Waals surface area contributed by atoms with Crippen molar-refractivity contribution in [2.24, 2.45) is 0 Å². The molecule has 1 aromatic heterocycles. The van der Waals surface area contributed by atoms with Crippen molar-refractivity contribution in [3.63, 3.8) is 0 Å². The highest BCUT2D eigenvalue weighted by molar-refractivity contribution is 6.30. The van der Waals surface area contributed by atoms with E-state index < -0.39 is 0 Å². The molecule has 2 heterocycles. The Bertz CT molecular complexity index is 861. The van der Waals surface area contributed by atoms with Crippen molar-refractivity contribution in [3.05, 3.63) is 71.1 Å². The Morgan fingerprint density at radius 3 is 2.88 bits per heavy atom. The van der Waals surface area contributed by atoms with E-state index in [-0.39, 0.29) is 0 Å². The van der Waals surface area contributed by atoms with Crippen LogP contribution in [0, 0.1) is 0 Å². The van der Waals surface area contributed by atoms with E-state index in [1.54, 1.807) is 6.26 Å². The van der Waals surface area contributed by atoms with Crippen LogP contribution in [-0.2, 0) is 13.2 Å². The molecule has 4 rings (SSSR count). The second kappa shape index (κ2) is 7.21.